The summed E-state index contributed by atoms with van der Waals surface area (Å²) in [4.78, 5) is 6.50. The highest BCUT2D eigenvalue weighted by Gasteiger charge is 2.14. The minimum absolute atomic E-state index is 0.909. The first-order chi connectivity index (χ1) is 5.40. The molecule has 60 valence electrons. The lowest BCUT2D eigenvalue weighted by molar-refractivity contribution is 0.189. The molecule has 4 heteroatoms. The minimum Gasteiger partial charge on any atom is -0.284 e. The van der Waals surface area contributed by atoms with Gasteiger partial charge in [0, 0.05) is 13.0 Å². The molecule has 4 nitrogen and oxygen atoms in total. The molecular weight excluding hydrogens is 140 g/mol. The summed E-state index contributed by atoms with van der Waals surface area (Å²) in [6.45, 7) is 5.29. The average Bonchev–Trinajstić information content (AvgIpc) is 2.50. The summed E-state index contributed by atoms with van der Waals surface area (Å²) in [7, 11) is 0. The summed E-state index contributed by atoms with van der Waals surface area (Å²) in [5, 5.41) is 4.12. The zero-order chi connectivity index (χ0) is 7.68. The third kappa shape index (κ3) is 1.14. The van der Waals surface area contributed by atoms with Gasteiger partial charge in [0.25, 0.3) is 0 Å². The van der Waals surface area contributed by atoms with Crippen LogP contribution in [0.25, 0.3) is 0 Å². The largest absolute Gasteiger partial charge is 0.284 e. The molecule has 0 unspecified atom stereocenters. The number of aromatic nitrogens is 3. The molecule has 1 aromatic rings. The van der Waals surface area contributed by atoms with E-state index in [2.05, 4.69) is 21.9 Å². The Balaban J connectivity index is 2.18. The Morgan fingerprint density at radius 1 is 1.64 bits per heavy atom. The van der Waals surface area contributed by atoms with Gasteiger partial charge < -0.3 is 0 Å². The van der Waals surface area contributed by atoms with Crippen molar-refractivity contribution >= 4 is 0 Å². The highest BCUT2D eigenvalue weighted by atomic mass is 15.4. The van der Waals surface area contributed by atoms with Crippen molar-refractivity contribution in [3.05, 3.63) is 12.2 Å². The second-order valence-electron chi connectivity index (χ2n) is 2.78. The van der Waals surface area contributed by atoms with Gasteiger partial charge in [-0.15, -0.1) is 0 Å². The van der Waals surface area contributed by atoms with Gasteiger partial charge in [-0.25, -0.2) is 9.67 Å². The van der Waals surface area contributed by atoms with E-state index in [0.717, 1.165) is 32.0 Å². The minimum atomic E-state index is 0.909. The zero-order valence-corrected chi connectivity index (χ0v) is 6.69. The van der Waals surface area contributed by atoms with Gasteiger partial charge in [-0.1, -0.05) is 6.92 Å². The van der Waals surface area contributed by atoms with Crippen molar-refractivity contribution in [1.29, 1.82) is 0 Å². The monoisotopic (exact) mass is 152 g/mol. The van der Waals surface area contributed by atoms with Crippen LogP contribution in [0.5, 0.6) is 0 Å². The fourth-order valence-electron chi connectivity index (χ4n) is 1.38. The molecule has 11 heavy (non-hydrogen) atoms. The Morgan fingerprint density at radius 3 is 3.36 bits per heavy atom. The molecule has 0 fully saturated rings. The first-order valence-corrected chi connectivity index (χ1v) is 3.99. The molecule has 2 heterocycles. The number of fused-ring (bicyclic) bond motifs is 1. The Morgan fingerprint density at radius 2 is 2.55 bits per heavy atom. The molecule has 0 aromatic carbocycles. The zero-order valence-electron chi connectivity index (χ0n) is 6.69. The molecule has 0 saturated heterocycles. The maximum absolute atomic E-state index is 4.15. The fraction of sp³-hybridized carbons (Fsp3) is 0.714. The predicted molar refractivity (Wildman–Crippen MR) is 41.0 cm³/mol. The van der Waals surface area contributed by atoms with Crippen LogP contribution in [-0.2, 0) is 13.1 Å². The van der Waals surface area contributed by atoms with E-state index >= 15 is 0 Å². The summed E-state index contributed by atoms with van der Waals surface area (Å²) >= 11 is 0. The van der Waals surface area contributed by atoms with E-state index in [-0.39, 0.29) is 0 Å². The van der Waals surface area contributed by atoms with E-state index in [0.29, 0.717) is 0 Å². The van der Waals surface area contributed by atoms with Crippen LogP contribution in [-0.4, -0.2) is 32.8 Å². The molecule has 0 amide bonds. The standard InChI is InChI=1S/C7H12N4/c1-2-10-4-3-7-8-5-9-11(7)6-10/h5H,2-4,6H2,1H3. The van der Waals surface area contributed by atoms with Gasteiger partial charge in [0.05, 0.1) is 6.67 Å². The predicted octanol–water partition coefficient (Wildman–Crippen LogP) is 0.114. The lowest BCUT2D eigenvalue weighted by atomic mass is 10.3. The van der Waals surface area contributed by atoms with Gasteiger partial charge in [0.1, 0.15) is 12.2 Å². The first-order valence-electron chi connectivity index (χ1n) is 3.99. The number of rotatable bonds is 1. The van der Waals surface area contributed by atoms with Crippen molar-refractivity contribution in [2.24, 2.45) is 0 Å². The summed E-state index contributed by atoms with van der Waals surface area (Å²) in [6, 6.07) is 0. The summed E-state index contributed by atoms with van der Waals surface area (Å²) in [5.74, 6) is 1.12. The third-order valence-corrected chi connectivity index (χ3v) is 2.13. The van der Waals surface area contributed by atoms with E-state index in [4.69, 9.17) is 0 Å². The van der Waals surface area contributed by atoms with Crippen LogP contribution in [0.3, 0.4) is 0 Å². The SMILES string of the molecule is CCN1CCc2ncnn2C1. The van der Waals surface area contributed by atoms with Crippen LogP contribution < -0.4 is 0 Å². The summed E-state index contributed by atoms with van der Waals surface area (Å²) < 4.78 is 1.97. The van der Waals surface area contributed by atoms with Crippen molar-refractivity contribution in [3.8, 4) is 0 Å². The van der Waals surface area contributed by atoms with Crippen molar-refractivity contribution in [3.63, 3.8) is 0 Å². The van der Waals surface area contributed by atoms with E-state index < -0.39 is 0 Å². The second kappa shape index (κ2) is 2.62. The molecule has 0 spiro atoms. The lowest BCUT2D eigenvalue weighted by Gasteiger charge is -2.24. The molecule has 0 N–H and O–H groups in total. The molecule has 1 aromatic heterocycles. The van der Waals surface area contributed by atoms with Crippen LogP contribution in [0.15, 0.2) is 6.33 Å². The normalized spacial score (nSPS) is 18.3. The number of hydrogen-bond donors (Lipinski definition) is 0. The molecule has 1 aliphatic heterocycles. The van der Waals surface area contributed by atoms with Crippen LogP contribution in [0.1, 0.15) is 12.7 Å². The highest BCUT2D eigenvalue weighted by molar-refractivity contribution is 4.88. The number of likely N-dealkylation sites (N-methyl/N-ethyl adjacent to an activating group) is 1. The highest BCUT2D eigenvalue weighted by Crippen LogP contribution is 2.06. The van der Waals surface area contributed by atoms with Gasteiger partial charge in [0.2, 0.25) is 0 Å². The smallest absolute Gasteiger partial charge is 0.138 e. The van der Waals surface area contributed by atoms with Crippen molar-refractivity contribution < 1.29 is 0 Å². The van der Waals surface area contributed by atoms with Crippen LogP contribution in [0.2, 0.25) is 0 Å². The molecule has 2 rings (SSSR count). The maximum atomic E-state index is 4.15. The van der Waals surface area contributed by atoms with E-state index in [1.54, 1.807) is 6.33 Å². The topological polar surface area (TPSA) is 34.0 Å². The Labute approximate surface area is 65.8 Å². The molecular formula is C7H12N4. The lowest BCUT2D eigenvalue weighted by Crippen LogP contribution is -2.34. The quantitative estimate of drug-likeness (QED) is 0.573. The van der Waals surface area contributed by atoms with Crippen LogP contribution >= 0.6 is 0 Å². The Bertz CT molecular complexity index is 242. The first kappa shape index (κ1) is 6.79. The molecule has 0 aliphatic carbocycles. The van der Waals surface area contributed by atoms with Gasteiger partial charge >= 0.3 is 0 Å². The van der Waals surface area contributed by atoms with Gasteiger partial charge in [-0.3, -0.25) is 4.90 Å². The summed E-state index contributed by atoms with van der Waals surface area (Å²) in [6.07, 6.45) is 2.67. The van der Waals surface area contributed by atoms with Crippen LogP contribution in [0, 0.1) is 0 Å². The van der Waals surface area contributed by atoms with E-state index in [1.807, 2.05) is 4.68 Å². The Kier molecular flexibility index (Phi) is 1.62. The second-order valence-corrected chi connectivity index (χ2v) is 2.78. The molecule has 0 bridgehead atoms. The summed E-state index contributed by atoms with van der Waals surface area (Å²) in [5.41, 5.74) is 0. The van der Waals surface area contributed by atoms with Crippen molar-refractivity contribution in [1.82, 2.24) is 19.7 Å². The maximum Gasteiger partial charge on any atom is 0.138 e. The Hall–Kier alpha value is -0.900. The third-order valence-electron chi connectivity index (χ3n) is 2.13. The van der Waals surface area contributed by atoms with Crippen molar-refractivity contribution in [2.45, 2.75) is 20.0 Å². The number of nitrogens with zero attached hydrogens (tertiary/aromatic N) is 4. The van der Waals surface area contributed by atoms with Crippen molar-refractivity contribution in [2.75, 3.05) is 13.1 Å². The molecule has 1 aliphatic rings. The van der Waals surface area contributed by atoms with Gasteiger partial charge in [0.15, 0.2) is 0 Å². The molecule has 0 atom stereocenters. The van der Waals surface area contributed by atoms with E-state index in [1.165, 1.54) is 0 Å². The van der Waals surface area contributed by atoms with Crippen LogP contribution in [0.4, 0.5) is 0 Å². The molecule has 0 radical (unpaired) electrons. The van der Waals surface area contributed by atoms with Gasteiger partial charge in [-0.05, 0) is 6.54 Å². The average molecular weight is 152 g/mol. The molecule has 0 saturated carbocycles. The fourth-order valence-corrected chi connectivity index (χ4v) is 1.38. The van der Waals surface area contributed by atoms with Gasteiger partial charge in [-0.2, -0.15) is 5.10 Å². The number of hydrogen-bond acceptors (Lipinski definition) is 3. The van der Waals surface area contributed by atoms with E-state index in [9.17, 15) is 0 Å².